The number of benzene rings is 1. The number of nitrogens with zero attached hydrogens (tertiary/aromatic N) is 2. The molecule has 0 bridgehead atoms. The van der Waals surface area contributed by atoms with E-state index >= 15 is 0 Å². The van der Waals surface area contributed by atoms with Crippen LogP contribution in [0.5, 0.6) is 0 Å². The normalized spacial score (nSPS) is 18.2. The van der Waals surface area contributed by atoms with Crippen molar-refractivity contribution in [2.45, 2.75) is 39.7 Å². The van der Waals surface area contributed by atoms with Crippen LogP contribution in [0.25, 0.3) is 4.72 Å². The van der Waals surface area contributed by atoms with Crippen LogP contribution in [0, 0.1) is 12.8 Å². The quantitative estimate of drug-likeness (QED) is 0.600. The van der Waals surface area contributed by atoms with Crippen molar-refractivity contribution >= 4 is 41.7 Å². The Morgan fingerprint density at radius 2 is 1.86 bits per heavy atom. The van der Waals surface area contributed by atoms with E-state index in [0.717, 1.165) is 25.0 Å². The number of halogens is 2. The standard InChI is InChI=1S/C14H19N2O3S.C4H8O.2ClH.Cr/c1-9(2)12-8-19-14(15-12)11-7-5-6-10(3)13(11)16-20(4,17)18;1-2-4-5-3-1;;;/h5-7,9,12H,8H2,1-4H3;1-4H2;2*1H;/q-1;;;;+3/p-2/t12-;;;;/m0..../s1. The molecular formula is C18H27Cl2CrN2O4S. The second-order valence-electron chi connectivity index (χ2n) is 6.73. The maximum absolute atomic E-state index is 11.4. The number of ether oxygens (including phenoxy) is 2. The van der Waals surface area contributed by atoms with Crippen molar-refractivity contribution in [3.05, 3.63) is 34.0 Å². The molecule has 2 aliphatic rings. The Balaban J connectivity index is 0.000000409. The third-order valence-electron chi connectivity index (χ3n) is 4.00. The van der Waals surface area contributed by atoms with Crippen molar-refractivity contribution in [2.24, 2.45) is 10.9 Å². The number of aliphatic imine (C=N–C) groups is 1. The zero-order chi connectivity index (χ0) is 21.2. The number of sulfonamides is 1. The Labute approximate surface area is 183 Å². The van der Waals surface area contributed by atoms with Crippen molar-refractivity contribution < 1.29 is 31.3 Å². The zero-order valence-corrected chi connectivity index (χ0v) is 20.1. The van der Waals surface area contributed by atoms with E-state index in [0.29, 0.717) is 29.7 Å². The molecule has 3 rings (SSSR count). The van der Waals surface area contributed by atoms with Crippen LogP contribution in [0.1, 0.15) is 37.8 Å². The molecule has 0 amide bonds. The molecule has 0 unspecified atom stereocenters. The molecule has 1 saturated heterocycles. The SMILES string of the molecule is C1CCOC1.Cc1cccc(C2=N[C@H](C(C)C)CO2)c1[N-]S(C)(=O)=O.[Cl][Cr+][Cl]. The van der Waals surface area contributed by atoms with Gasteiger partial charge in [0.2, 0.25) is 5.90 Å². The molecule has 28 heavy (non-hydrogen) atoms. The van der Waals surface area contributed by atoms with Gasteiger partial charge in [-0.25, -0.2) is 13.4 Å². The maximum atomic E-state index is 11.4. The van der Waals surface area contributed by atoms with E-state index in [1.54, 1.807) is 6.07 Å². The first-order valence-electron chi connectivity index (χ1n) is 8.90. The van der Waals surface area contributed by atoms with E-state index in [2.05, 4.69) is 23.6 Å². The number of aryl methyl sites for hydroxylation is 1. The molecule has 0 aliphatic carbocycles. The summed E-state index contributed by atoms with van der Waals surface area (Å²) in [5.74, 6) is 0.863. The van der Waals surface area contributed by atoms with Crippen molar-refractivity contribution in [2.75, 3.05) is 26.1 Å². The molecule has 0 aromatic heterocycles. The van der Waals surface area contributed by atoms with Gasteiger partial charge in [-0.3, -0.25) is 0 Å². The fraction of sp³-hybridized carbons (Fsp3) is 0.611. The molecule has 0 spiro atoms. The van der Waals surface area contributed by atoms with Crippen LogP contribution in [-0.2, 0) is 32.9 Å². The molecule has 1 aromatic carbocycles. The van der Waals surface area contributed by atoms with Gasteiger partial charge in [0.25, 0.3) is 0 Å². The molecule has 2 heterocycles. The molecule has 159 valence electrons. The molecular weight excluding hydrogens is 463 g/mol. The van der Waals surface area contributed by atoms with Gasteiger partial charge in [0.05, 0.1) is 16.1 Å². The van der Waals surface area contributed by atoms with Crippen molar-refractivity contribution in [3.63, 3.8) is 0 Å². The van der Waals surface area contributed by atoms with E-state index < -0.39 is 10.0 Å². The predicted octanol–water partition coefficient (Wildman–Crippen LogP) is 4.93. The van der Waals surface area contributed by atoms with E-state index in [1.807, 2.05) is 19.1 Å². The minimum atomic E-state index is -3.47. The Kier molecular flexibility index (Phi) is 11.8. The molecule has 1 aromatic rings. The molecule has 1 fully saturated rings. The van der Waals surface area contributed by atoms with Gasteiger partial charge in [-0.15, -0.1) is 5.69 Å². The van der Waals surface area contributed by atoms with Gasteiger partial charge in [-0.1, -0.05) is 37.6 Å². The molecule has 0 radical (unpaired) electrons. The van der Waals surface area contributed by atoms with Gasteiger partial charge < -0.3 is 14.2 Å². The van der Waals surface area contributed by atoms with Gasteiger partial charge in [0.15, 0.2) is 0 Å². The summed E-state index contributed by atoms with van der Waals surface area (Å²) < 4.78 is 37.3. The average Bonchev–Trinajstić information content (AvgIpc) is 3.31. The van der Waals surface area contributed by atoms with Crippen LogP contribution < -0.4 is 0 Å². The summed E-state index contributed by atoms with van der Waals surface area (Å²) in [6.45, 7) is 8.51. The Morgan fingerprint density at radius 3 is 2.29 bits per heavy atom. The monoisotopic (exact) mass is 489 g/mol. The van der Waals surface area contributed by atoms with E-state index in [9.17, 15) is 8.42 Å². The van der Waals surface area contributed by atoms with Crippen LogP contribution in [0.15, 0.2) is 23.2 Å². The predicted molar refractivity (Wildman–Crippen MR) is 112 cm³/mol. The Bertz CT molecular complexity index is 733. The second kappa shape index (κ2) is 12.9. The van der Waals surface area contributed by atoms with E-state index in [1.165, 1.54) is 12.8 Å². The summed E-state index contributed by atoms with van der Waals surface area (Å²) in [6.07, 6.45) is 3.64. The number of rotatable bonds is 4. The van der Waals surface area contributed by atoms with Crippen molar-refractivity contribution in [1.29, 1.82) is 0 Å². The van der Waals surface area contributed by atoms with Crippen LogP contribution >= 0.6 is 20.1 Å². The van der Waals surface area contributed by atoms with Gasteiger partial charge >= 0.3 is 33.5 Å². The fourth-order valence-electron chi connectivity index (χ4n) is 2.51. The van der Waals surface area contributed by atoms with E-state index in [-0.39, 0.29) is 19.4 Å². The molecule has 2 aliphatic heterocycles. The van der Waals surface area contributed by atoms with E-state index in [4.69, 9.17) is 29.6 Å². The summed E-state index contributed by atoms with van der Waals surface area (Å²) in [4.78, 5) is 4.53. The second-order valence-corrected chi connectivity index (χ2v) is 10.5. The third kappa shape index (κ3) is 9.34. The average molecular weight is 490 g/mol. The Hall–Kier alpha value is -0.488. The third-order valence-corrected chi connectivity index (χ3v) is 4.51. The van der Waals surface area contributed by atoms with Crippen LogP contribution in [-0.4, -0.2) is 46.4 Å². The molecule has 0 saturated carbocycles. The molecule has 10 heteroatoms. The number of hydrogen-bond acceptors (Lipinski definition) is 5. The van der Waals surface area contributed by atoms with Gasteiger partial charge in [-0.2, -0.15) is 0 Å². The minimum absolute atomic E-state index is 0.108. The van der Waals surface area contributed by atoms with Crippen LogP contribution in [0.2, 0.25) is 0 Å². The summed E-state index contributed by atoms with van der Waals surface area (Å²) in [5.41, 5.74) is 1.84. The van der Waals surface area contributed by atoms with Gasteiger partial charge in [-0.05, 0) is 25.7 Å². The summed E-state index contributed by atoms with van der Waals surface area (Å²) in [7, 11) is 6.19. The molecule has 1 atom stereocenters. The summed E-state index contributed by atoms with van der Waals surface area (Å²) >= 11 is -0.181. The van der Waals surface area contributed by atoms with Crippen molar-refractivity contribution in [3.8, 4) is 0 Å². The summed E-state index contributed by atoms with van der Waals surface area (Å²) in [6, 6.07) is 5.57. The topological polar surface area (TPSA) is 79.1 Å². The first kappa shape index (κ1) is 25.5. The molecule has 0 N–H and O–H groups in total. The van der Waals surface area contributed by atoms with Crippen molar-refractivity contribution in [1.82, 2.24) is 0 Å². The Morgan fingerprint density at radius 1 is 1.25 bits per heavy atom. The van der Waals surface area contributed by atoms with Gasteiger partial charge in [0.1, 0.15) is 6.61 Å². The summed E-state index contributed by atoms with van der Waals surface area (Å²) in [5, 5.41) is 0. The first-order valence-corrected chi connectivity index (χ1v) is 14.3. The fourth-order valence-corrected chi connectivity index (χ4v) is 3.08. The van der Waals surface area contributed by atoms with Gasteiger partial charge in [0, 0.05) is 25.0 Å². The number of hydrogen-bond donors (Lipinski definition) is 0. The first-order chi connectivity index (χ1) is 13.2. The molecule has 6 nitrogen and oxygen atoms in total. The van der Waals surface area contributed by atoms with Crippen LogP contribution in [0.4, 0.5) is 5.69 Å². The zero-order valence-electron chi connectivity index (χ0n) is 16.5. The van der Waals surface area contributed by atoms with Crippen LogP contribution in [0.3, 0.4) is 0 Å².